The van der Waals surface area contributed by atoms with Gasteiger partial charge >= 0.3 is 0 Å². The van der Waals surface area contributed by atoms with Gasteiger partial charge in [-0.05, 0) is 55.5 Å². The number of nitrogens with one attached hydrogen (secondary N) is 2. The van der Waals surface area contributed by atoms with Crippen molar-refractivity contribution in [3.63, 3.8) is 0 Å². The van der Waals surface area contributed by atoms with Gasteiger partial charge in [-0.3, -0.25) is 4.79 Å². The maximum Gasteiger partial charge on any atom is 0.251 e. The summed E-state index contributed by atoms with van der Waals surface area (Å²) < 4.78 is 27.4. The van der Waals surface area contributed by atoms with Crippen LogP contribution in [0.2, 0.25) is 0 Å². The minimum Gasteiger partial charge on any atom is -0.355 e. The summed E-state index contributed by atoms with van der Waals surface area (Å²) in [4.78, 5) is 11.7. The van der Waals surface area contributed by atoms with Gasteiger partial charge in [0.05, 0.1) is 5.25 Å². The maximum atomic E-state index is 12.3. The lowest BCUT2D eigenvalue weighted by Gasteiger charge is -2.23. The lowest BCUT2D eigenvalue weighted by Crippen LogP contribution is -2.40. The minimum atomic E-state index is -3.27. The van der Waals surface area contributed by atoms with Crippen molar-refractivity contribution in [3.8, 4) is 11.1 Å². The van der Waals surface area contributed by atoms with Gasteiger partial charge in [0, 0.05) is 24.6 Å². The molecule has 6 heteroatoms. The summed E-state index contributed by atoms with van der Waals surface area (Å²) in [5.74, 6) is 0.108. The highest BCUT2D eigenvalue weighted by molar-refractivity contribution is 7.90. The third-order valence-corrected chi connectivity index (χ3v) is 7.37. The fourth-order valence-electron chi connectivity index (χ4n) is 3.73. The van der Waals surface area contributed by atoms with E-state index in [2.05, 4.69) is 34.3 Å². The van der Waals surface area contributed by atoms with Gasteiger partial charge in [0.25, 0.3) is 5.91 Å². The largest absolute Gasteiger partial charge is 0.355 e. The zero-order valence-corrected chi connectivity index (χ0v) is 17.4. The van der Waals surface area contributed by atoms with Gasteiger partial charge in [-0.15, -0.1) is 0 Å². The molecule has 2 aromatic rings. The molecule has 150 valence electrons. The molecule has 1 aliphatic rings. The van der Waals surface area contributed by atoms with E-state index in [1.807, 2.05) is 24.3 Å². The molecule has 0 radical (unpaired) electrons. The Morgan fingerprint density at radius 3 is 2.07 bits per heavy atom. The van der Waals surface area contributed by atoms with Crippen molar-refractivity contribution in [1.29, 1.82) is 0 Å². The van der Waals surface area contributed by atoms with E-state index in [1.165, 1.54) is 5.56 Å². The summed E-state index contributed by atoms with van der Waals surface area (Å²) in [6.45, 7) is 3.41. The van der Waals surface area contributed by atoms with Crippen LogP contribution in [0.5, 0.6) is 0 Å². The normalized spacial score (nSPS) is 19.7. The Morgan fingerprint density at radius 1 is 0.964 bits per heavy atom. The SMILES string of the molecule is CNC(=O)c1ccc(-c2ccc([C@H]3CCCC3NS(=O)(=O)C(C)C)cc2)cc1. The fourth-order valence-corrected chi connectivity index (χ4v) is 4.70. The predicted octanol–water partition coefficient (Wildman–Crippen LogP) is 3.68. The summed E-state index contributed by atoms with van der Waals surface area (Å²) in [7, 11) is -1.65. The zero-order chi connectivity index (χ0) is 20.3. The molecule has 0 saturated heterocycles. The first-order valence-electron chi connectivity index (χ1n) is 9.75. The van der Waals surface area contributed by atoms with Crippen LogP contribution in [-0.4, -0.2) is 32.7 Å². The first-order valence-corrected chi connectivity index (χ1v) is 11.3. The third-order valence-electron chi connectivity index (χ3n) is 5.50. The zero-order valence-electron chi connectivity index (χ0n) is 16.6. The molecule has 1 aliphatic carbocycles. The lowest BCUT2D eigenvalue weighted by atomic mass is 9.92. The van der Waals surface area contributed by atoms with Gasteiger partial charge in [-0.1, -0.05) is 42.8 Å². The van der Waals surface area contributed by atoms with Crippen molar-refractivity contribution >= 4 is 15.9 Å². The molecule has 0 aromatic heterocycles. The standard InChI is InChI=1S/C22H28N2O3S/c1-15(2)28(26,27)24-21-6-4-5-20(21)18-11-7-16(8-12-18)17-9-13-19(14-10-17)22(25)23-3/h7-15,20-21,24H,4-6H2,1-3H3,(H,23,25)/t20-,21?/m1/s1. The molecule has 0 spiro atoms. The van der Waals surface area contributed by atoms with E-state index in [9.17, 15) is 13.2 Å². The van der Waals surface area contributed by atoms with E-state index in [1.54, 1.807) is 20.9 Å². The molecule has 1 unspecified atom stereocenters. The Kier molecular flexibility index (Phi) is 6.20. The minimum absolute atomic E-state index is 0.0370. The van der Waals surface area contributed by atoms with Crippen LogP contribution in [-0.2, 0) is 10.0 Å². The van der Waals surface area contributed by atoms with Crippen LogP contribution in [0, 0.1) is 0 Å². The van der Waals surface area contributed by atoms with Crippen LogP contribution in [0.25, 0.3) is 11.1 Å². The molecular formula is C22H28N2O3S. The highest BCUT2D eigenvalue weighted by atomic mass is 32.2. The van der Waals surface area contributed by atoms with Crippen LogP contribution >= 0.6 is 0 Å². The molecule has 2 N–H and O–H groups in total. The highest BCUT2D eigenvalue weighted by Crippen LogP contribution is 2.36. The number of sulfonamides is 1. The molecular weight excluding hydrogens is 372 g/mol. The van der Waals surface area contributed by atoms with Crippen LogP contribution < -0.4 is 10.0 Å². The number of amides is 1. The molecule has 28 heavy (non-hydrogen) atoms. The summed E-state index contributed by atoms with van der Waals surface area (Å²) in [6, 6.07) is 15.8. The molecule has 0 bridgehead atoms. The Bertz CT molecular complexity index is 919. The first kappa shape index (κ1) is 20.6. The first-order chi connectivity index (χ1) is 13.3. The van der Waals surface area contributed by atoms with E-state index in [0.717, 1.165) is 30.4 Å². The van der Waals surface area contributed by atoms with E-state index >= 15 is 0 Å². The van der Waals surface area contributed by atoms with Gasteiger partial charge in [0.15, 0.2) is 0 Å². The molecule has 3 rings (SSSR count). The van der Waals surface area contributed by atoms with E-state index < -0.39 is 15.3 Å². The Hall–Kier alpha value is -2.18. The van der Waals surface area contributed by atoms with Gasteiger partial charge in [0.2, 0.25) is 10.0 Å². The number of carbonyl (C=O) groups excluding carboxylic acids is 1. The van der Waals surface area contributed by atoms with Crippen molar-refractivity contribution in [3.05, 3.63) is 59.7 Å². The van der Waals surface area contributed by atoms with Crippen LogP contribution in [0.15, 0.2) is 48.5 Å². The number of rotatable bonds is 6. The van der Waals surface area contributed by atoms with Crippen molar-refractivity contribution < 1.29 is 13.2 Å². The average Bonchev–Trinajstić information content (AvgIpc) is 3.15. The average molecular weight is 401 g/mol. The molecule has 1 fully saturated rings. The molecule has 2 atom stereocenters. The van der Waals surface area contributed by atoms with Gasteiger partial charge < -0.3 is 5.32 Å². The second kappa shape index (κ2) is 8.45. The number of benzene rings is 2. The predicted molar refractivity (Wildman–Crippen MR) is 113 cm³/mol. The molecule has 0 heterocycles. The number of hydrogen-bond acceptors (Lipinski definition) is 3. The number of carbonyl (C=O) groups is 1. The molecule has 2 aromatic carbocycles. The van der Waals surface area contributed by atoms with E-state index in [0.29, 0.717) is 5.56 Å². The second-order valence-corrected chi connectivity index (χ2v) is 9.90. The van der Waals surface area contributed by atoms with Crippen LogP contribution in [0.4, 0.5) is 0 Å². The Morgan fingerprint density at radius 2 is 1.54 bits per heavy atom. The summed E-state index contributed by atoms with van der Waals surface area (Å²) in [5, 5.41) is 2.20. The van der Waals surface area contributed by atoms with E-state index in [4.69, 9.17) is 0 Å². The molecule has 1 amide bonds. The topological polar surface area (TPSA) is 75.3 Å². The van der Waals surface area contributed by atoms with Crippen LogP contribution in [0.1, 0.15) is 54.9 Å². The maximum absolute atomic E-state index is 12.3. The van der Waals surface area contributed by atoms with E-state index in [-0.39, 0.29) is 17.9 Å². The Balaban J connectivity index is 1.75. The Labute approximate surface area is 167 Å². The fraction of sp³-hybridized carbons (Fsp3) is 0.409. The highest BCUT2D eigenvalue weighted by Gasteiger charge is 2.32. The molecule has 1 saturated carbocycles. The molecule has 0 aliphatic heterocycles. The number of hydrogen-bond donors (Lipinski definition) is 2. The smallest absolute Gasteiger partial charge is 0.251 e. The van der Waals surface area contributed by atoms with Gasteiger partial charge in [-0.25, -0.2) is 13.1 Å². The summed E-state index contributed by atoms with van der Waals surface area (Å²) in [5.41, 5.74) is 3.92. The van der Waals surface area contributed by atoms with Crippen molar-refractivity contribution in [2.24, 2.45) is 0 Å². The van der Waals surface area contributed by atoms with Gasteiger partial charge in [0.1, 0.15) is 0 Å². The second-order valence-electron chi connectivity index (χ2n) is 7.63. The van der Waals surface area contributed by atoms with Crippen LogP contribution in [0.3, 0.4) is 0 Å². The quantitative estimate of drug-likeness (QED) is 0.777. The van der Waals surface area contributed by atoms with Crippen molar-refractivity contribution in [1.82, 2.24) is 10.0 Å². The van der Waals surface area contributed by atoms with Gasteiger partial charge in [-0.2, -0.15) is 0 Å². The molecule has 5 nitrogen and oxygen atoms in total. The summed E-state index contributed by atoms with van der Waals surface area (Å²) >= 11 is 0. The summed E-state index contributed by atoms with van der Waals surface area (Å²) in [6.07, 6.45) is 2.89. The third kappa shape index (κ3) is 4.45. The van der Waals surface area contributed by atoms with Crippen molar-refractivity contribution in [2.75, 3.05) is 7.05 Å². The van der Waals surface area contributed by atoms with Crippen molar-refractivity contribution in [2.45, 2.75) is 50.3 Å². The monoisotopic (exact) mass is 400 g/mol. The lowest BCUT2D eigenvalue weighted by molar-refractivity contribution is 0.0963.